The molecule has 2 amide bonds. The summed E-state index contributed by atoms with van der Waals surface area (Å²) in [5.41, 5.74) is 9.92. The second kappa shape index (κ2) is 8.49. The number of rotatable bonds is 4. The minimum atomic E-state index is -0.451. The van der Waals surface area contributed by atoms with Gasteiger partial charge in [0.05, 0.1) is 17.5 Å². The largest absolute Gasteiger partial charge is 0.369 e. The number of nitrogens with one attached hydrogen (secondary N) is 2. The molecule has 182 valence electrons. The molecule has 4 N–H and O–H groups in total. The number of nitrogens with two attached hydrogens (primary N) is 1. The molecular weight excluding hydrogens is 457 g/mol. The number of benzene rings is 3. The number of nitrogens with zero attached hydrogens (tertiary/aromatic N) is 2. The van der Waals surface area contributed by atoms with Gasteiger partial charge in [0.1, 0.15) is 0 Å². The molecule has 0 spiro atoms. The molecule has 1 aliphatic heterocycles. The lowest BCUT2D eigenvalue weighted by Gasteiger charge is -2.32. The number of hydrogen-bond donors (Lipinski definition) is 3. The van der Waals surface area contributed by atoms with E-state index in [1.54, 1.807) is 12.3 Å². The molecular formula is C28H26FN5O2. The number of halogens is 1. The monoisotopic (exact) mass is 483 g/mol. The third-order valence-corrected chi connectivity index (χ3v) is 7.20. The van der Waals surface area contributed by atoms with Crippen molar-refractivity contribution in [2.24, 2.45) is 5.73 Å². The summed E-state index contributed by atoms with van der Waals surface area (Å²) >= 11 is 0. The summed E-state index contributed by atoms with van der Waals surface area (Å²) < 4.78 is 15.6. The summed E-state index contributed by atoms with van der Waals surface area (Å²) in [6.07, 6.45) is 1.77. The lowest BCUT2D eigenvalue weighted by atomic mass is 9.95. The van der Waals surface area contributed by atoms with E-state index in [4.69, 9.17) is 5.73 Å². The van der Waals surface area contributed by atoms with Crippen LogP contribution in [0.2, 0.25) is 0 Å². The van der Waals surface area contributed by atoms with Crippen LogP contribution in [-0.4, -0.2) is 64.8 Å². The number of fused-ring (bicyclic) bond motifs is 4. The third kappa shape index (κ3) is 3.61. The number of aromatic nitrogens is 2. The third-order valence-electron chi connectivity index (χ3n) is 7.20. The second-order valence-electron chi connectivity index (χ2n) is 9.52. The van der Waals surface area contributed by atoms with Gasteiger partial charge in [0.25, 0.3) is 5.91 Å². The maximum absolute atomic E-state index is 15.6. The molecule has 0 radical (unpaired) electrons. The van der Waals surface area contributed by atoms with E-state index in [0.29, 0.717) is 35.3 Å². The molecule has 3 aromatic carbocycles. The van der Waals surface area contributed by atoms with Crippen LogP contribution in [-0.2, 0) is 11.2 Å². The second-order valence-corrected chi connectivity index (χ2v) is 9.52. The number of piperazine rings is 1. The average molecular weight is 484 g/mol. The molecule has 1 saturated heterocycles. The summed E-state index contributed by atoms with van der Waals surface area (Å²) in [6.45, 7) is 3.06. The maximum Gasteiger partial charge on any atom is 0.254 e. The molecule has 36 heavy (non-hydrogen) atoms. The van der Waals surface area contributed by atoms with Gasteiger partial charge in [-0.1, -0.05) is 30.3 Å². The van der Waals surface area contributed by atoms with Gasteiger partial charge in [-0.15, -0.1) is 0 Å². The van der Waals surface area contributed by atoms with Gasteiger partial charge in [0.15, 0.2) is 5.82 Å². The predicted octanol–water partition coefficient (Wildman–Crippen LogP) is 4.02. The Bertz CT molecular complexity index is 1660. The van der Waals surface area contributed by atoms with E-state index in [1.165, 1.54) is 0 Å². The molecule has 0 bridgehead atoms. The molecule has 2 aromatic heterocycles. The Morgan fingerprint density at radius 1 is 0.972 bits per heavy atom. The summed E-state index contributed by atoms with van der Waals surface area (Å²) in [5, 5.41) is 2.45. The normalized spacial score (nSPS) is 14.8. The molecule has 1 aliphatic rings. The van der Waals surface area contributed by atoms with Crippen LogP contribution in [0.4, 0.5) is 4.39 Å². The van der Waals surface area contributed by atoms with Crippen molar-refractivity contribution in [3.63, 3.8) is 0 Å². The van der Waals surface area contributed by atoms with Crippen molar-refractivity contribution in [1.29, 1.82) is 0 Å². The van der Waals surface area contributed by atoms with Crippen LogP contribution in [0.25, 0.3) is 43.8 Å². The van der Waals surface area contributed by atoms with Gasteiger partial charge < -0.3 is 25.5 Å². The quantitative estimate of drug-likeness (QED) is 0.360. The Labute approximate surface area is 206 Å². The van der Waals surface area contributed by atoms with Crippen LogP contribution in [0.3, 0.4) is 0 Å². The van der Waals surface area contributed by atoms with Crippen molar-refractivity contribution in [2.75, 3.05) is 33.2 Å². The van der Waals surface area contributed by atoms with Gasteiger partial charge in [-0.05, 0) is 36.4 Å². The fourth-order valence-electron chi connectivity index (χ4n) is 5.25. The first-order valence-corrected chi connectivity index (χ1v) is 12.0. The van der Waals surface area contributed by atoms with Crippen LogP contribution in [0.15, 0.2) is 54.7 Å². The maximum atomic E-state index is 15.6. The van der Waals surface area contributed by atoms with Crippen molar-refractivity contribution < 1.29 is 14.0 Å². The van der Waals surface area contributed by atoms with Crippen molar-refractivity contribution in [3.8, 4) is 11.1 Å². The zero-order valence-corrected chi connectivity index (χ0v) is 19.9. The minimum absolute atomic E-state index is 0.00974. The lowest BCUT2D eigenvalue weighted by Crippen LogP contribution is -2.47. The highest BCUT2D eigenvalue weighted by atomic mass is 19.1. The van der Waals surface area contributed by atoms with Gasteiger partial charge >= 0.3 is 0 Å². The number of hydrogen-bond acceptors (Lipinski definition) is 3. The average Bonchev–Trinajstić information content (AvgIpc) is 3.50. The summed E-state index contributed by atoms with van der Waals surface area (Å²) in [5.74, 6) is -0.797. The number of aromatic amines is 2. The lowest BCUT2D eigenvalue weighted by molar-refractivity contribution is -0.117. The number of primary amides is 1. The summed E-state index contributed by atoms with van der Waals surface area (Å²) in [7, 11) is 2.05. The number of amides is 2. The standard InChI is InChI=1S/C28H26FN5O2/c1-33-10-12-34(13-11-33)28(36)18-4-7-21-22(14-18)32-26-17(15-23(30)35)3-5-19(24(21)26)20-6-2-16-8-9-31-27(16)25(20)29/h2-9,14,31-32H,10-13,15H2,1H3,(H2,30,35). The van der Waals surface area contributed by atoms with Gasteiger partial charge in [0, 0.05) is 65.2 Å². The van der Waals surface area contributed by atoms with E-state index in [0.717, 1.165) is 45.8 Å². The number of H-pyrrole nitrogens is 2. The van der Waals surface area contributed by atoms with Gasteiger partial charge in [-0.2, -0.15) is 0 Å². The number of likely N-dealkylation sites (N-methyl/N-ethyl adjacent to an activating group) is 1. The zero-order valence-electron chi connectivity index (χ0n) is 19.9. The molecule has 8 heteroatoms. The van der Waals surface area contributed by atoms with E-state index in [-0.39, 0.29) is 18.1 Å². The molecule has 3 heterocycles. The molecule has 5 aromatic rings. The molecule has 0 unspecified atom stereocenters. The Morgan fingerprint density at radius 2 is 1.75 bits per heavy atom. The number of carbonyl (C=O) groups excluding carboxylic acids is 2. The van der Waals surface area contributed by atoms with Gasteiger partial charge in [0.2, 0.25) is 5.91 Å². The van der Waals surface area contributed by atoms with Crippen LogP contribution in [0.1, 0.15) is 15.9 Å². The number of carbonyl (C=O) groups is 2. The van der Waals surface area contributed by atoms with Gasteiger partial charge in [-0.25, -0.2) is 4.39 Å². The van der Waals surface area contributed by atoms with Crippen LogP contribution in [0.5, 0.6) is 0 Å². The van der Waals surface area contributed by atoms with E-state index >= 15 is 4.39 Å². The van der Waals surface area contributed by atoms with Crippen molar-refractivity contribution in [3.05, 3.63) is 71.7 Å². The smallest absolute Gasteiger partial charge is 0.254 e. The summed E-state index contributed by atoms with van der Waals surface area (Å²) in [6, 6.07) is 14.7. The molecule has 7 nitrogen and oxygen atoms in total. The fourth-order valence-corrected chi connectivity index (χ4v) is 5.25. The van der Waals surface area contributed by atoms with Crippen LogP contribution >= 0.6 is 0 Å². The van der Waals surface area contributed by atoms with Crippen molar-refractivity contribution in [1.82, 2.24) is 19.8 Å². The Hall–Kier alpha value is -4.17. The first-order chi connectivity index (χ1) is 17.4. The zero-order chi connectivity index (χ0) is 25.0. The predicted molar refractivity (Wildman–Crippen MR) is 139 cm³/mol. The topological polar surface area (TPSA) is 98.2 Å². The van der Waals surface area contributed by atoms with E-state index in [2.05, 4.69) is 21.9 Å². The first kappa shape index (κ1) is 22.3. The highest BCUT2D eigenvalue weighted by Crippen LogP contribution is 2.39. The fraction of sp³-hybridized carbons (Fsp3) is 0.214. The van der Waals surface area contributed by atoms with Crippen molar-refractivity contribution >= 4 is 44.5 Å². The molecule has 0 aliphatic carbocycles. The Balaban J connectivity index is 1.53. The van der Waals surface area contributed by atoms with E-state index in [1.807, 2.05) is 47.4 Å². The SMILES string of the molecule is CN1CCN(C(=O)c2ccc3c(c2)[nH]c2c(CC(N)=O)ccc(-c4ccc5cc[nH]c5c4F)c23)CC1. The first-order valence-electron chi connectivity index (χ1n) is 12.0. The Kier molecular flexibility index (Phi) is 5.26. The summed E-state index contributed by atoms with van der Waals surface area (Å²) in [4.78, 5) is 35.4. The molecule has 1 fully saturated rings. The highest BCUT2D eigenvalue weighted by Gasteiger charge is 2.23. The van der Waals surface area contributed by atoms with E-state index in [9.17, 15) is 9.59 Å². The molecule has 0 atom stereocenters. The molecule has 0 saturated carbocycles. The van der Waals surface area contributed by atoms with Crippen LogP contribution in [0, 0.1) is 5.82 Å². The molecule has 6 rings (SSSR count). The Morgan fingerprint density at radius 3 is 2.53 bits per heavy atom. The van der Waals surface area contributed by atoms with Crippen molar-refractivity contribution in [2.45, 2.75) is 6.42 Å². The van der Waals surface area contributed by atoms with Crippen LogP contribution < -0.4 is 5.73 Å². The van der Waals surface area contributed by atoms with Gasteiger partial charge in [-0.3, -0.25) is 9.59 Å². The van der Waals surface area contributed by atoms with E-state index < -0.39 is 5.91 Å². The highest BCUT2D eigenvalue weighted by molar-refractivity contribution is 6.17. The minimum Gasteiger partial charge on any atom is -0.369 e.